The van der Waals surface area contributed by atoms with Crippen molar-refractivity contribution in [3.05, 3.63) is 29.6 Å². The molecule has 0 aliphatic carbocycles. The molecule has 0 radical (unpaired) electrons. The third kappa shape index (κ3) is 4.73. The molecule has 3 N–H and O–H groups in total. The number of sulfone groups is 1. The van der Waals surface area contributed by atoms with E-state index in [1.165, 1.54) is 12.1 Å². The second-order valence-corrected chi connectivity index (χ2v) is 8.45. The molecular weight excluding hydrogens is 315 g/mol. The molecule has 106 valence electrons. The van der Waals surface area contributed by atoms with Crippen LogP contribution in [0.4, 0.5) is 10.1 Å². The predicted molar refractivity (Wildman–Crippen MR) is 74.5 cm³/mol. The maximum atomic E-state index is 13.5. The molecule has 0 aromatic heterocycles. The van der Waals surface area contributed by atoms with Crippen LogP contribution in [0.25, 0.3) is 0 Å². The topological polar surface area (TPSA) is 106 Å². The highest BCUT2D eigenvalue weighted by molar-refractivity contribution is 8.08. The minimum absolute atomic E-state index is 0.198. The van der Waals surface area contributed by atoms with Crippen LogP contribution in [0.3, 0.4) is 0 Å². The zero-order valence-electron chi connectivity index (χ0n) is 9.75. The highest BCUT2D eigenvalue weighted by Crippen LogP contribution is 2.20. The molecule has 0 aliphatic rings. The van der Waals surface area contributed by atoms with E-state index < -0.39 is 30.8 Å². The standard InChI is InChI=1S/C9H11FN2O4S3/c1-18(13,14)5-19(15,16)12-7-4-2-3-6(10)8(7)9(11)17/h2-4,12H,5H2,1H3,(H2,11,17). The van der Waals surface area contributed by atoms with Gasteiger partial charge in [-0.25, -0.2) is 21.2 Å². The Kier molecular flexibility index (Phi) is 4.48. The van der Waals surface area contributed by atoms with E-state index in [1.807, 2.05) is 4.72 Å². The summed E-state index contributed by atoms with van der Waals surface area (Å²) in [5.41, 5.74) is 4.82. The molecule has 0 heterocycles. The van der Waals surface area contributed by atoms with E-state index >= 15 is 0 Å². The van der Waals surface area contributed by atoms with Gasteiger partial charge in [-0.05, 0) is 12.1 Å². The maximum Gasteiger partial charge on any atom is 0.247 e. The number of hydrogen-bond donors (Lipinski definition) is 2. The number of sulfonamides is 1. The summed E-state index contributed by atoms with van der Waals surface area (Å²) < 4.78 is 60.6. The van der Waals surface area contributed by atoms with Gasteiger partial charge in [0.15, 0.2) is 14.9 Å². The SMILES string of the molecule is CS(=O)(=O)CS(=O)(=O)Nc1cccc(F)c1C(N)=S. The van der Waals surface area contributed by atoms with E-state index in [0.29, 0.717) is 0 Å². The molecule has 1 aromatic rings. The third-order valence-electron chi connectivity index (χ3n) is 1.89. The number of nitrogens with one attached hydrogen (secondary N) is 1. The summed E-state index contributed by atoms with van der Waals surface area (Å²) in [5.74, 6) is -0.799. The van der Waals surface area contributed by atoms with E-state index in [0.717, 1.165) is 12.3 Å². The molecular formula is C9H11FN2O4S3. The molecule has 6 nitrogen and oxygen atoms in total. The quantitative estimate of drug-likeness (QED) is 0.749. The van der Waals surface area contributed by atoms with Gasteiger partial charge in [-0.15, -0.1) is 0 Å². The first-order valence-corrected chi connectivity index (χ1v) is 8.90. The van der Waals surface area contributed by atoms with Gasteiger partial charge in [0, 0.05) is 6.26 Å². The van der Waals surface area contributed by atoms with Crippen molar-refractivity contribution in [1.82, 2.24) is 0 Å². The summed E-state index contributed by atoms with van der Waals surface area (Å²) in [6.07, 6.45) is 0.770. The van der Waals surface area contributed by atoms with Gasteiger partial charge in [0.25, 0.3) is 0 Å². The van der Waals surface area contributed by atoms with Crippen LogP contribution < -0.4 is 10.5 Å². The average molecular weight is 326 g/mol. The van der Waals surface area contributed by atoms with Gasteiger partial charge in [-0.1, -0.05) is 18.3 Å². The van der Waals surface area contributed by atoms with Gasteiger partial charge >= 0.3 is 0 Å². The molecule has 0 aliphatic heterocycles. The van der Waals surface area contributed by atoms with Crippen LogP contribution in [0.15, 0.2) is 18.2 Å². The summed E-state index contributed by atoms with van der Waals surface area (Å²) >= 11 is 4.62. The molecule has 0 atom stereocenters. The molecule has 0 bridgehead atoms. The van der Waals surface area contributed by atoms with Crippen molar-refractivity contribution < 1.29 is 21.2 Å². The summed E-state index contributed by atoms with van der Waals surface area (Å²) in [5, 5.41) is -1.12. The van der Waals surface area contributed by atoms with Crippen LogP contribution in [-0.4, -0.2) is 33.2 Å². The Morgan fingerprint density at radius 2 is 1.95 bits per heavy atom. The average Bonchev–Trinajstić information content (AvgIpc) is 2.11. The fourth-order valence-electron chi connectivity index (χ4n) is 1.34. The molecule has 0 spiro atoms. The van der Waals surface area contributed by atoms with Gasteiger partial charge < -0.3 is 5.73 Å². The van der Waals surface area contributed by atoms with Crippen molar-refractivity contribution in [1.29, 1.82) is 0 Å². The fourth-order valence-corrected chi connectivity index (χ4v) is 4.54. The van der Waals surface area contributed by atoms with Gasteiger partial charge in [0.05, 0.1) is 11.3 Å². The van der Waals surface area contributed by atoms with Crippen molar-refractivity contribution in [3.8, 4) is 0 Å². The smallest absolute Gasteiger partial charge is 0.247 e. The van der Waals surface area contributed by atoms with E-state index in [1.54, 1.807) is 0 Å². The lowest BCUT2D eigenvalue weighted by atomic mass is 10.2. The first-order valence-electron chi connectivity index (χ1n) is 4.78. The summed E-state index contributed by atoms with van der Waals surface area (Å²) in [7, 11) is -7.94. The molecule has 1 aromatic carbocycles. The molecule has 1 rings (SSSR count). The van der Waals surface area contributed by atoms with E-state index in [-0.39, 0.29) is 16.2 Å². The highest BCUT2D eigenvalue weighted by Gasteiger charge is 2.21. The molecule has 0 saturated heterocycles. The number of benzene rings is 1. The Balaban J connectivity index is 3.21. The minimum atomic E-state index is -4.18. The Bertz CT molecular complexity index is 713. The van der Waals surface area contributed by atoms with Gasteiger partial charge in [0.1, 0.15) is 10.8 Å². The number of hydrogen-bond acceptors (Lipinski definition) is 5. The predicted octanol–water partition coefficient (Wildman–Crippen LogP) is 0.204. The third-order valence-corrected chi connectivity index (χ3v) is 5.58. The number of nitrogens with two attached hydrogens (primary N) is 1. The molecule has 0 saturated carbocycles. The first kappa shape index (κ1) is 15.8. The zero-order valence-corrected chi connectivity index (χ0v) is 12.2. The van der Waals surface area contributed by atoms with Crippen LogP contribution in [0.5, 0.6) is 0 Å². The molecule has 0 amide bonds. The van der Waals surface area contributed by atoms with Crippen LogP contribution in [-0.2, 0) is 19.9 Å². The van der Waals surface area contributed by atoms with Crippen LogP contribution >= 0.6 is 12.2 Å². The molecule has 19 heavy (non-hydrogen) atoms. The van der Waals surface area contributed by atoms with Gasteiger partial charge in [-0.3, -0.25) is 4.72 Å². The highest BCUT2D eigenvalue weighted by atomic mass is 32.3. The second-order valence-electron chi connectivity index (χ2n) is 3.79. The lowest BCUT2D eigenvalue weighted by Crippen LogP contribution is -2.24. The van der Waals surface area contributed by atoms with E-state index in [4.69, 9.17) is 5.73 Å². The van der Waals surface area contributed by atoms with Crippen molar-refractivity contribution >= 4 is 42.8 Å². The number of rotatable bonds is 5. The summed E-state index contributed by atoms with van der Waals surface area (Å²) in [6.45, 7) is 0. The Morgan fingerprint density at radius 3 is 2.42 bits per heavy atom. The van der Waals surface area contributed by atoms with Crippen molar-refractivity contribution in [2.75, 3.05) is 16.1 Å². The van der Waals surface area contributed by atoms with Gasteiger partial charge in [0.2, 0.25) is 10.0 Å². The zero-order chi connectivity index (χ0) is 14.8. The molecule has 10 heteroatoms. The first-order chi connectivity index (χ1) is 8.52. The summed E-state index contributed by atoms with van der Waals surface area (Å²) in [6, 6.07) is 3.54. The minimum Gasteiger partial charge on any atom is -0.389 e. The normalized spacial score (nSPS) is 12.1. The maximum absolute atomic E-state index is 13.5. The van der Waals surface area contributed by atoms with Crippen molar-refractivity contribution in [2.45, 2.75) is 0 Å². The van der Waals surface area contributed by atoms with Crippen molar-refractivity contribution in [3.63, 3.8) is 0 Å². The fraction of sp³-hybridized carbons (Fsp3) is 0.222. The van der Waals surface area contributed by atoms with Crippen molar-refractivity contribution in [2.24, 2.45) is 5.73 Å². The second kappa shape index (κ2) is 5.39. The monoisotopic (exact) mass is 326 g/mol. The van der Waals surface area contributed by atoms with Crippen LogP contribution in [0.1, 0.15) is 5.56 Å². The number of thiocarbonyl (C=S) groups is 1. The molecule has 0 unspecified atom stereocenters. The number of halogens is 1. The summed E-state index contributed by atoms with van der Waals surface area (Å²) in [4.78, 5) is -0.338. The lowest BCUT2D eigenvalue weighted by Gasteiger charge is -2.11. The Hall–Kier alpha value is -1.26. The Morgan fingerprint density at radius 1 is 1.37 bits per heavy atom. The molecule has 0 fully saturated rings. The van der Waals surface area contributed by atoms with Gasteiger partial charge in [-0.2, -0.15) is 0 Å². The Labute approximate surface area is 115 Å². The van der Waals surface area contributed by atoms with Crippen LogP contribution in [0, 0.1) is 5.82 Å². The van der Waals surface area contributed by atoms with E-state index in [2.05, 4.69) is 12.2 Å². The largest absolute Gasteiger partial charge is 0.389 e. The van der Waals surface area contributed by atoms with Crippen LogP contribution in [0.2, 0.25) is 0 Å². The lowest BCUT2D eigenvalue weighted by molar-refractivity contribution is 0.595. The van der Waals surface area contributed by atoms with E-state index in [9.17, 15) is 21.2 Å². The number of anilines is 1.